The molecule has 0 saturated carbocycles. The van der Waals surface area contributed by atoms with Crippen LogP contribution >= 0.6 is 0 Å². The van der Waals surface area contributed by atoms with E-state index in [2.05, 4.69) is 30.6 Å². The molecule has 0 aliphatic rings. The van der Waals surface area contributed by atoms with Crippen LogP contribution in [-0.2, 0) is 6.54 Å². The number of nitrogens with one attached hydrogen (secondary N) is 2. The monoisotopic (exact) mass is 408 g/mol. The third-order valence-electron chi connectivity index (χ3n) is 3.70. The number of nitrogens with zero attached hydrogens (tertiary/aromatic N) is 4. The maximum atomic E-state index is 12.6. The molecule has 10 heteroatoms. The average molecular weight is 408 g/mol. The van der Waals surface area contributed by atoms with Gasteiger partial charge in [0, 0.05) is 12.7 Å². The number of anilines is 2. The van der Waals surface area contributed by atoms with Crippen molar-refractivity contribution < 1.29 is 19.4 Å². The van der Waals surface area contributed by atoms with Gasteiger partial charge in [-0.3, -0.25) is 4.79 Å². The Labute approximate surface area is 172 Å². The van der Waals surface area contributed by atoms with E-state index in [1.807, 2.05) is 44.2 Å². The van der Waals surface area contributed by atoms with Gasteiger partial charge in [0.15, 0.2) is 0 Å². The molecule has 0 fully saturated rings. The molecule has 0 unspecified atom stereocenters. The minimum Gasteiger partial charge on any atom is -0.478 e. The van der Waals surface area contributed by atoms with E-state index in [9.17, 15) is 9.59 Å². The summed E-state index contributed by atoms with van der Waals surface area (Å²) in [7, 11) is 0. The van der Waals surface area contributed by atoms with Gasteiger partial charge in [-0.2, -0.15) is 15.0 Å². The Kier molecular flexibility index (Phi) is 6.48. The molecule has 2 heterocycles. The molecule has 0 radical (unpaired) electrons. The topological polar surface area (TPSA) is 139 Å². The van der Waals surface area contributed by atoms with Crippen LogP contribution in [0.15, 0.2) is 48.7 Å². The highest BCUT2D eigenvalue weighted by Gasteiger charge is 2.16. The number of aromatic nitrogens is 4. The van der Waals surface area contributed by atoms with Crippen LogP contribution in [0.2, 0.25) is 0 Å². The van der Waals surface area contributed by atoms with Gasteiger partial charge in [-0.15, -0.1) is 0 Å². The molecule has 3 rings (SSSR count). The smallest absolute Gasteiger partial charge is 0.337 e. The number of pyridine rings is 1. The normalized spacial score (nSPS) is 10.5. The highest BCUT2D eigenvalue weighted by molar-refractivity contribution is 6.01. The Bertz CT molecular complexity index is 1030. The van der Waals surface area contributed by atoms with Crippen LogP contribution in [0.25, 0.3) is 0 Å². The van der Waals surface area contributed by atoms with Crippen molar-refractivity contribution >= 4 is 23.6 Å². The van der Waals surface area contributed by atoms with Crippen molar-refractivity contribution in [1.29, 1.82) is 0 Å². The van der Waals surface area contributed by atoms with Crippen LogP contribution in [0.4, 0.5) is 11.8 Å². The molecule has 0 saturated heterocycles. The number of carboxylic acid groups (broad SMARTS) is 1. The number of carboxylic acids is 1. The molecule has 0 aliphatic heterocycles. The number of aromatic carboxylic acids is 1. The predicted molar refractivity (Wildman–Crippen MR) is 109 cm³/mol. The van der Waals surface area contributed by atoms with Crippen molar-refractivity contribution in [2.24, 2.45) is 0 Å². The van der Waals surface area contributed by atoms with Crippen LogP contribution in [0, 0.1) is 0 Å². The van der Waals surface area contributed by atoms with Crippen molar-refractivity contribution in [1.82, 2.24) is 19.9 Å². The lowest BCUT2D eigenvalue weighted by molar-refractivity contribution is 0.0696. The minimum atomic E-state index is -1.11. The van der Waals surface area contributed by atoms with Crippen molar-refractivity contribution in [2.45, 2.75) is 26.5 Å². The minimum absolute atomic E-state index is 0.00757. The van der Waals surface area contributed by atoms with E-state index in [-0.39, 0.29) is 35.3 Å². The molecule has 30 heavy (non-hydrogen) atoms. The molecule has 0 spiro atoms. The van der Waals surface area contributed by atoms with Crippen molar-refractivity contribution in [3.05, 3.63) is 65.6 Å². The van der Waals surface area contributed by atoms with Gasteiger partial charge in [0.2, 0.25) is 11.8 Å². The van der Waals surface area contributed by atoms with Gasteiger partial charge < -0.3 is 20.5 Å². The first-order chi connectivity index (χ1) is 14.4. The fourth-order valence-corrected chi connectivity index (χ4v) is 2.34. The zero-order valence-corrected chi connectivity index (χ0v) is 16.4. The van der Waals surface area contributed by atoms with Gasteiger partial charge in [-0.25, -0.2) is 9.78 Å². The van der Waals surface area contributed by atoms with E-state index >= 15 is 0 Å². The molecule has 0 bridgehead atoms. The quantitative estimate of drug-likeness (QED) is 0.513. The summed E-state index contributed by atoms with van der Waals surface area (Å²) in [5.74, 6) is -1.56. The van der Waals surface area contributed by atoms with E-state index in [0.29, 0.717) is 6.54 Å². The summed E-state index contributed by atoms with van der Waals surface area (Å²) in [6.07, 6.45) is 0.946. The summed E-state index contributed by atoms with van der Waals surface area (Å²) >= 11 is 0. The number of hydrogen-bond donors (Lipinski definition) is 3. The average Bonchev–Trinajstić information content (AvgIpc) is 2.73. The standard InChI is InChI=1S/C20H20N6O4/c1-12(2)30-20-25-16(17(27)23-15-9-8-14(11-21-15)18(28)29)24-19(26-20)22-10-13-6-4-3-5-7-13/h3-9,11-12H,10H2,1-2H3,(H,28,29)(H,21,23,27)(H,22,24,25,26). The lowest BCUT2D eigenvalue weighted by Crippen LogP contribution is -2.20. The number of carbonyl (C=O) groups is 2. The van der Waals surface area contributed by atoms with Crippen molar-refractivity contribution in [3.8, 4) is 6.01 Å². The molecular weight excluding hydrogens is 388 g/mol. The van der Waals surface area contributed by atoms with Gasteiger partial charge in [-0.05, 0) is 31.5 Å². The van der Waals surface area contributed by atoms with Gasteiger partial charge in [0.1, 0.15) is 5.82 Å². The molecule has 0 atom stereocenters. The second kappa shape index (κ2) is 9.41. The number of ether oxygens (including phenoxy) is 1. The fraction of sp³-hybridized carbons (Fsp3) is 0.200. The third-order valence-corrected chi connectivity index (χ3v) is 3.70. The number of rotatable bonds is 8. The Morgan fingerprint density at radius 1 is 1.07 bits per heavy atom. The van der Waals surface area contributed by atoms with E-state index in [0.717, 1.165) is 11.8 Å². The van der Waals surface area contributed by atoms with Gasteiger partial charge in [-0.1, -0.05) is 30.3 Å². The fourth-order valence-electron chi connectivity index (χ4n) is 2.34. The Morgan fingerprint density at radius 2 is 1.83 bits per heavy atom. The van der Waals surface area contributed by atoms with E-state index in [4.69, 9.17) is 9.84 Å². The zero-order chi connectivity index (χ0) is 21.5. The lowest BCUT2D eigenvalue weighted by atomic mass is 10.2. The van der Waals surface area contributed by atoms with Gasteiger partial charge in [0.05, 0.1) is 11.7 Å². The summed E-state index contributed by atoms with van der Waals surface area (Å²) < 4.78 is 5.53. The van der Waals surface area contributed by atoms with Gasteiger partial charge >= 0.3 is 12.0 Å². The highest BCUT2D eigenvalue weighted by Crippen LogP contribution is 2.13. The maximum absolute atomic E-state index is 12.6. The molecule has 10 nitrogen and oxygen atoms in total. The third kappa shape index (κ3) is 5.71. The zero-order valence-electron chi connectivity index (χ0n) is 16.4. The Morgan fingerprint density at radius 3 is 2.47 bits per heavy atom. The summed E-state index contributed by atoms with van der Waals surface area (Å²) in [5, 5.41) is 14.5. The van der Waals surface area contributed by atoms with E-state index in [1.54, 1.807) is 0 Å². The molecule has 0 aliphatic carbocycles. The summed E-state index contributed by atoms with van der Waals surface area (Å²) in [4.78, 5) is 39.8. The summed E-state index contributed by atoms with van der Waals surface area (Å²) in [5.41, 5.74) is 1.02. The Balaban J connectivity index is 1.78. The summed E-state index contributed by atoms with van der Waals surface area (Å²) in [6.45, 7) is 4.08. The van der Waals surface area contributed by atoms with Crippen molar-refractivity contribution in [2.75, 3.05) is 10.6 Å². The number of amides is 1. The van der Waals surface area contributed by atoms with Crippen LogP contribution < -0.4 is 15.4 Å². The van der Waals surface area contributed by atoms with Crippen LogP contribution in [0.3, 0.4) is 0 Å². The first-order valence-electron chi connectivity index (χ1n) is 9.12. The molecule has 154 valence electrons. The molecule has 2 aromatic heterocycles. The summed E-state index contributed by atoms with van der Waals surface area (Å²) in [6, 6.07) is 12.4. The van der Waals surface area contributed by atoms with E-state index < -0.39 is 11.9 Å². The Hall–Kier alpha value is -4.08. The SMILES string of the molecule is CC(C)Oc1nc(NCc2ccccc2)nc(C(=O)Nc2ccc(C(=O)O)cn2)n1. The van der Waals surface area contributed by atoms with Gasteiger partial charge in [0.25, 0.3) is 5.91 Å². The second-order valence-electron chi connectivity index (χ2n) is 6.46. The number of benzene rings is 1. The molecular formula is C20H20N6O4. The second-order valence-corrected chi connectivity index (χ2v) is 6.46. The molecule has 3 aromatic rings. The first kappa shape index (κ1) is 20.6. The number of hydrogen-bond acceptors (Lipinski definition) is 8. The maximum Gasteiger partial charge on any atom is 0.337 e. The van der Waals surface area contributed by atoms with Crippen LogP contribution in [0.5, 0.6) is 6.01 Å². The largest absolute Gasteiger partial charge is 0.478 e. The van der Waals surface area contributed by atoms with Crippen LogP contribution in [-0.4, -0.2) is 43.0 Å². The van der Waals surface area contributed by atoms with Crippen molar-refractivity contribution in [3.63, 3.8) is 0 Å². The van der Waals surface area contributed by atoms with E-state index in [1.165, 1.54) is 12.1 Å². The predicted octanol–water partition coefficient (Wildman–Crippen LogP) is 2.62. The van der Waals surface area contributed by atoms with Crippen LogP contribution in [0.1, 0.15) is 40.4 Å². The molecule has 1 aromatic carbocycles. The lowest BCUT2D eigenvalue weighted by Gasteiger charge is -2.11. The highest BCUT2D eigenvalue weighted by atomic mass is 16.5. The molecule has 3 N–H and O–H groups in total. The molecule has 1 amide bonds. The first-order valence-corrected chi connectivity index (χ1v) is 9.12. The number of carbonyl (C=O) groups excluding carboxylic acids is 1.